The van der Waals surface area contributed by atoms with E-state index in [4.69, 9.17) is 28.1 Å². The quantitative estimate of drug-likeness (QED) is 0.454. The van der Waals surface area contributed by atoms with Crippen LogP contribution in [0.4, 0.5) is 22.5 Å². The number of nitrogens with zero attached hydrogens (tertiary/aromatic N) is 5. The molecule has 0 bridgehead atoms. The van der Waals surface area contributed by atoms with Gasteiger partial charge in [0.15, 0.2) is 5.13 Å². The molecule has 1 saturated heterocycles. The Balaban J connectivity index is 1.70. The Hall–Kier alpha value is -2.79. The van der Waals surface area contributed by atoms with Gasteiger partial charge in [-0.05, 0) is 25.5 Å². The van der Waals surface area contributed by atoms with Crippen molar-refractivity contribution in [2.75, 3.05) is 54.6 Å². The molecule has 11 heteroatoms. The molecule has 3 aromatic rings. The van der Waals surface area contributed by atoms with Gasteiger partial charge in [-0.3, -0.25) is 9.69 Å². The number of aliphatic hydroxyl groups is 1. The first-order chi connectivity index (χ1) is 20.4. The molecule has 0 radical (unpaired) electrons. The summed E-state index contributed by atoms with van der Waals surface area (Å²) in [5, 5.41) is 15.7. The number of aryl methyl sites for hydroxylation is 2. The van der Waals surface area contributed by atoms with Crippen LogP contribution in [-0.4, -0.2) is 69.9 Å². The molecule has 1 aliphatic rings. The Bertz CT molecular complexity index is 1590. The van der Waals surface area contributed by atoms with Crippen molar-refractivity contribution in [2.45, 2.75) is 13.8 Å². The molecule has 33 heavy (non-hydrogen) atoms. The molecule has 2 aromatic heterocycles. The Morgan fingerprint density at radius 1 is 1.30 bits per heavy atom. The summed E-state index contributed by atoms with van der Waals surface area (Å²) in [6.45, 7) is -19.7. The van der Waals surface area contributed by atoms with Gasteiger partial charge in [-0.15, -0.1) is 0 Å². The van der Waals surface area contributed by atoms with Crippen LogP contribution >= 0.6 is 22.9 Å². The summed E-state index contributed by atoms with van der Waals surface area (Å²) in [6, 6.07) is 6.07. The van der Waals surface area contributed by atoms with Gasteiger partial charge in [-0.25, -0.2) is 15.0 Å². The van der Waals surface area contributed by atoms with E-state index >= 15 is 0 Å². The van der Waals surface area contributed by atoms with E-state index in [1.807, 2.05) is 0 Å². The summed E-state index contributed by atoms with van der Waals surface area (Å²) in [4.78, 5) is 24.7. The van der Waals surface area contributed by atoms with Crippen molar-refractivity contribution in [1.29, 1.82) is 0 Å². The second kappa shape index (κ2) is 10.4. The van der Waals surface area contributed by atoms with Crippen LogP contribution in [0.1, 0.15) is 37.5 Å². The van der Waals surface area contributed by atoms with Crippen molar-refractivity contribution in [3.63, 3.8) is 0 Å². The first-order valence-electron chi connectivity index (χ1n) is 15.4. The maximum atomic E-state index is 12.8. The Kier molecular flexibility index (Phi) is 3.99. The van der Waals surface area contributed by atoms with Crippen LogP contribution in [0.15, 0.2) is 30.5 Å². The third-order valence-corrected chi connectivity index (χ3v) is 5.41. The summed E-state index contributed by atoms with van der Waals surface area (Å²) in [5.41, 5.74) is 1.14. The molecule has 174 valence electrons. The van der Waals surface area contributed by atoms with E-state index in [2.05, 4.69) is 25.6 Å². The number of amides is 1. The Morgan fingerprint density at radius 2 is 2.09 bits per heavy atom. The number of hydrogen-bond acceptors (Lipinski definition) is 9. The molecule has 0 unspecified atom stereocenters. The molecular formula is C22H26ClN7O2S. The van der Waals surface area contributed by atoms with Crippen LogP contribution in [0, 0.1) is 13.8 Å². The smallest absolute Gasteiger partial charge is 0.267 e. The second-order valence-corrected chi connectivity index (χ2v) is 7.98. The fourth-order valence-electron chi connectivity index (χ4n) is 2.72. The maximum absolute atomic E-state index is 12.8. The van der Waals surface area contributed by atoms with Crippen LogP contribution in [0.2, 0.25) is 5.02 Å². The molecule has 0 spiro atoms. The predicted molar refractivity (Wildman–Crippen MR) is 132 cm³/mol. The zero-order valence-corrected chi connectivity index (χ0v) is 18.8. The third-order valence-electron chi connectivity index (χ3n) is 4.19. The van der Waals surface area contributed by atoms with Crippen LogP contribution in [0.5, 0.6) is 0 Å². The second-order valence-electron chi connectivity index (χ2n) is 6.54. The zero-order chi connectivity index (χ0) is 34.1. The fraction of sp³-hybridized carbons (Fsp3) is 0.364. The molecule has 4 rings (SSSR count). The van der Waals surface area contributed by atoms with Crippen LogP contribution in [0.25, 0.3) is 0 Å². The number of carbonyl (C=O) groups is 1. The SMILES string of the molecule is [2H]C([2H])(O)C([2H])([2H])N1C([2H])([2H])C([2H])([2H])N(c2cc(Nc3ncc(C(=O)Nc4c(C)cccc4Cl)s3)nc(C)n2)C([2H])([2H])C1([2H])[2H]. The number of carbonyl (C=O) groups excluding carboxylic acids is 1. The normalized spacial score (nSPS) is 26.7. The largest absolute Gasteiger partial charge is 0.395 e. The van der Waals surface area contributed by atoms with E-state index in [-0.39, 0.29) is 26.6 Å². The van der Waals surface area contributed by atoms with E-state index in [0.29, 0.717) is 10.7 Å². The summed E-state index contributed by atoms with van der Waals surface area (Å²) in [5.74, 6) is -1.41. The molecule has 9 nitrogen and oxygen atoms in total. The predicted octanol–water partition coefficient (Wildman–Crippen LogP) is 3.31. The van der Waals surface area contributed by atoms with Gasteiger partial charge >= 0.3 is 0 Å². The summed E-state index contributed by atoms with van der Waals surface area (Å²) >= 11 is 7.08. The number of rotatable bonds is 7. The van der Waals surface area contributed by atoms with Crippen molar-refractivity contribution >= 4 is 51.3 Å². The number of aromatic nitrogens is 3. The van der Waals surface area contributed by atoms with Crippen molar-refractivity contribution in [1.82, 2.24) is 19.9 Å². The molecule has 0 saturated carbocycles. The number of hydrogen-bond donors (Lipinski definition) is 3. The lowest BCUT2D eigenvalue weighted by Crippen LogP contribution is -2.47. The average molecular weight is 500 g/mol. The van der Waals surface area contributed by atoms with Crippen LogP contribution < -0.4 is 15.5 Å². The molecule has 1 amide bonds. The molecule has 1 aliphatic heterocycles. The van der Waals surface area contributed by atoms with Gasteiger partial charge in [-0.2, -0.15) is 0 Å². The highest BCUT2D eigenvalue weighted by Gasteiger charge is 2.19. The topological polar surface area (TPSA) is 107 Å². The minimum absolute atomic E-state index is 0.0338. The molecule has 1 aromatic carbocycles. The van der Waals surface area contributed by atoms with Crippen molar-refractivity contribution < 1.29 is 26.4 Å². The van der Waals surface area contributed by atoms with Crippen molar-refractivity contribution in [2.24, 2.45) is 0 Å². The van der Waals surface area contributed by atoms with Gasteiger partial charge in [0, 0.05) is 46.8 Å². The van der Waals surface area contributed by atoms with E-state index in [0.717, 1.165) is 23.0 Å². The number of β-amino-alcohol motifs (C(OH)–C–C–N with tert-alkyl or cyclic N) is 1. The van der Waals surface area contributed by atoms with E-state index < -0.39 is 55.7 Å². The summed E-state index contributed by atoms with van der Waals surface area (Å²) in [7, 11) is 0. The highest BCUT2D eigenvalue weighted by atomic mass is 35.5. The maximum Gasteiger partial charge on any atom is 0.267 e. The van der Waals surface area contributed by atoms with Crippen molar-refractivity contribution in [3.05, 3.63) is 51.7 Å². The standard InChI is InChI=1S/C22H26ClN7O2S/c1-14-4-3-5-16(23)20(14)28-21(32)17-13-24-22(33-17)27-18-12-19(26-15(2)25-18)30-8-6-29(7-9-30)10-11-31/h3-5,12-13,31H,6-11H2,1-2H3,(H,28,32)(H,24,25,26,27)/i6D2,7D2,8D2,9D2,10D2,11D2. The lowest BCUT2D eigenvalue weighted by atomic mass is 10.2. The lowest BCUT2D eigenvalue weighted by molar-refractivity contribution is 0.103. The molecule has 3 heterocycles. The van der Waals surface area contributed by atoms with Gasteiger partial charge in [0.1, 0.15) is 22.3 Å². The number of thiazole rings is 1. The number of halogens is 1. The van der Waals surface area contributed by atoms with Crippen LogP contribution in [0.3, 0.4) is 0 Å². The van der Waals surface area contributed by atoms with Gasteiger partial charge in [0.25, 0.3) is 5.91 Å². The number of para-hydroxylation sites is 1. The zero-order valence-electron chi connectivity index (χ0n) is 29.3. The monoisotopic (exact) mass is 499 g/mol. The minimum atomic E-state index is -3.96. The van der Waals surface area contributed by atoms with Gasteiger partial charge in [0.05, 0.1) is 31.7 Å². The third kappa shape index (κ3) is 5.77. The number of anilines is 4. The molecule has 3 N–H and O–H groups in total. The van der Waals surface area contributed by atoms with E-state index in [9.17, 15) is 9.90 Å². The minimum Gasteiger partial charge on any atom is -0.395 e. The van der Waals surface area contributed by atoms with E-state index in [1.165, 1.54) is 13.1 Å². The van der Waals surface area contributed by atoms with E-state index in [1.54, 1.807) is 25.1 Å². The summed E-state index contributed by atoms with van der Waals surface area (Å²) in [6.07, 6.45) is 1.26. The van der Waals surface area contributed by atoms with Gasteiger partial charge in [-0.1, -0.05) is 35.1 Å². The number of nitrogens with one attached hydrogen (secondary N) is 2. The molecule has 0 atom stereocenters. The first-order valence-corrected chi connectivity index (χ1v) is 10.5. The number of piperazine rings is 1. The molecule has 0 aliphatic carbocycles. The Morgan fingerprint density at radius 3 is 2.82 bits per heavy atom. The van der Waals surface area contributed by atoms with Gasteiger partial charge in [0.2, 0.25) is 0 Å². The van der Waals surface area contributed by atoms with Gasteiger partial charge < -0.3 is 20.6 Å². The van der Waals surface area contributed by atoms with Crippen molar-refractivity contribution in [3.8, 4) is 0 Å². The fourth-order valence-corrected chi connectivity index (χ4v) is 3.71. The molecule has 1 fully saturated rings. The highest BCUT2D eigenvalue weighted by Crippen LogP contribution is 2.28. The number of benzene rings is 1. The Labute approximate surface area is 218 Å². The van der Waals surface area contributed by atoms with Crippen LogP contribution in [-0.2, 0) is 0 Å². The average Bonchev–Trinajstić information content (AvgIpc) is 3.32. The summed E-state index contributed by atoms with van der Waals surface area (Å²) < 4.78 is 98.6. The lowest BCUT2D eigenvalue weighted by Gasteiger charge is -2.35. The molecular weight excluding hydrogens is 462 g/mol. The first kappa shape index (κ1) is 12.6. The highest BCUT2D eigenvalue weighted by molar-refractivity contribution is 7.17.